The van der Waals surface area contributed by atoms with Crippen molar-refractivity contribution in [1.29, 1.82) is 0 Å². The van der Waals surface area contributed by atoms with Crippen LogP contribution in [-0.4, -0.2) is 38.0 Å². The monoisotopic (exact) mass is 330 g/mol. The highest BCUT2D eigenvalue weighted by Crippen LogP contribution is 2.23. The molecule has 0 fully saturated rings. The lowest BCUT2D eigenvalue weighted by Crippen LogP contribution is -2.14. The first-order valence-corrected chi connectivity index (χ1v) is 6.99. The Kier molecular flexibility index (Phi) is 7.70. The van der Waals surface area contributed by atoms with E-state index < -0.39 is 11.9 Å². The van der Waals surface area contributed by atoms with Gasteiger partial charge < -0.3 is 14.6 Å². The normalized spacial score (nSPS) is 12.3. The largest absolute Gasteiger partial charge is 0.481 e. The van der Waals surface area contributed by atoms with Crippen LogP contribution in [0.25, 0.3) is 0 Å². The summed E-state index contributed by atoms with van der Waals surface area (Å²) < 4.78 is 11.2. The van der Waals surface area contributed by atoms with E-state index in [9.17, 15) is 9.90 Å². The molecule has 0 aliphatic heterocycles. The maximum Gasteiger partial charge on any atom is 0.311 e. The van der Waals surface area contributed by atoms with Gasteiger partial charge in [-0.3, -0.25) is 4.79 Å². The van der Waals surface area contributed by atoms with E-state index in [4.69, 9.17) is 9.47 Å². The standard InChI is InChI=1S/C14H19BrO4/c1-18-7-3-8-19-9-6-13(14(16)17)11-4-2-5-12(15)10-11/h2,4-5,10,13H,3,6-9H2,1H3,(H,16,17). The quantitative estimate of drug-likeness (QED) is 0.707. The van der Waals surface area contributed by atoms with Gasteiger partial charge in [0, 0.05) is 31.4 Å². The number of hydrogen-bond donors (Lipinski definition) is 1. The van der Waals surface area contributed by atoms with Gasteiger partial charge in [-0.1, -0.05) is 28.1 Å². The Morgan fingerprint density at radius 2 is 2.16 bits per heavy atom. The van der Waals surface area contributed by atoms with Gasteiger partial charge in [0.05, 0.1) is 5.92 Å². The first kappa shape index (κ1) is 16.1. The summed E-state index contributed by atoms with van der Waals surface area (Å²) >= 11 is 3.35. The summed E-state index contributed by atoms with van der Waals surface area (Å²) in [4.78, 5) is 11.3. The molecule has 1 aromatic rings. The molecule has 1 rings (SSSR count). The topological polar surface area (TPSA) is 55.8 Å². The van der Waals surface area contributed by atoms with E-state index in [0.29, 0.717) is 26.2 Å². The molecular weight excluding hydrogens is 312 g/mol. The fourth-order valence-electron chi connectivity index (χ4n) is 1.76. The van der Waals surface area contributed by atoms with E-state index in [1.54, 1.807) is 7.11 Å². The Morgan fingerprint density at radius 1 is 1.37 bits per heavy atom. The molecule has 1 atom stereocenters. The molecule has 4 nitrogen and oxygen atoms in total. The predicted octanol–water partition coefficient (Wildman–Crippen LogP) is 3.06. The summed E-state index contributed by atoms with van der Waals surface area (Å²) in [5, 5.41) is 9.27. The average molecular weight is 331 g/mol. The van der Waals surface area contributed by atoms with Crippen LogP contribution in [0, 0.1) is 0 Å². The number of benzene rings is 1. The molecule has 0 spiro atoms. The molecule has 19 heavy (non-hydrogen) atoms. The third-order valence-corrected chi connectivity index (χ3v) is 3.23. The fraction of sp³-hybridized carbons (Fsp3) is 0.500. The van der Waals surface area contributed by atoms with E-state index in [0.717, 1.165) is 16.5 Å². The van der Waals surface area contributed by atoms with E-state index in [1.807, 2.05) is 24.3 Å². The Labute approximate surface area is 121 Å². The second-order valence-corrected chi connectivity index (χ2v) is 5.11. The summed E-state index contributed by atoms with van der Waals surface area (Å²) in [5.74, 6) is -1.35. The van der Waals surface area contributed by atoms with Crippen LogP contribution in [0.1, 0.15) is 24.3 Å². The fourth-order valence-corrected chi connectivity index (χ4v) is 2.18. The molecule has 0 radical (unpaired) electrons. The molecule has 0 aromatic heterocycles. The number of ether oxygens (including phenoxy) is 2. The highest BCUT2D eigenvalue weighted by Gasteiger charge is 2.19. The van der Waals surface area contributed by atoms with Crippen molar-refractivity contribution >= 4 is 21.9 Å². The summed E-state index contributed by atoms with van der Waals surface area (Å²) in [6.45, 7) is 1.69. The van der Waals surface area contributed by atoms with Crippen molar-refractivity contribution in [2.24, 2.45) is 0 Å². The first-order valence-electron chi connectivity index (χ1n) is 6.20. The molecule has 1 aromatic carbocycles. The number of carbonyl (C=O) groups is 1. The zero-order valence-electron chi connectivity index (χ0n) is 11.0. The van der Waals surface area contributed by atoms with Gasteiger partial charge in [0.1, 0.15) is 0 Å². The first-order chi connectivity index (χ1) is 9.15. The van der Waals surface area contributed by atoms with Crippen LogP contribution in [0.3, 0.4) is 0 Å². The van der Waals surface area contributed by atoms with Gasteiger partial charge in [0.25, 0.3) is 0 Å². The van der Waals surface area contributed by atoms with E-state index in [-0.39, 0.29) is 0 Å². The van der Waals surface area contributed by atoms with Gasteiger partial charge in [-0.05, 0) is 30.5 Å². The highest BCUT2D eigenvalue weighted by atomic mass is 79.9. The minimum absolute atomic E-state index is 0.438. The molecule has 0 aliphatic carbocycles. The lowest BCUT2D eigenvalue weighted by Gasteiger charge is -2.13. The van der Waals surface area contributed by atoms with Gasteiger partial charge >= 0.3 is 5.97 Å². The van der Waals surface area contributed by atoms with Crippen molar-refractivity contribution in [3.05, 3.63) is 34.3 Å². The lowest BCUT2D eigenvalue weighted by atomic mass is 9.96. The van der Waals surface area contributed by atoms with Crippen LogP contribution in [0.15, 0.2) is 28.7 Å². The SMILES string of the molecule is COCCCOCCC(C(=O)O)c1cccc(Br)c1. The second-order valence-electron chi connectivity index (χ2n) is 4.19. The van der Waals surface area contributed by atoms with Crippen molar-refractivity contribution in [2.75, 3.05) is 26.9 Å². The van der Waals surface area contributed by atoms with Gasteiger partial charge in [-0.25, -0.2) is 0 Å². The van der Waals surface area contributed by atoms with Crippen LogP contribution in [0.5, 0.6) is 0 Å². The zero-order chi connectivity index (χ0) is 14.1. The second kappa shape index (κ2) is 9.07. The maximum absolute atomic E-state index is 11.3. The number of methoxy groups -OCH3 is 1. The molecule has 0 bridgehead atoms. The van der Waals surface area contributed by atoms with Gasteiger partial charge in [-0.15, -0.1) is 0 Å². The van der Waals surface area contributed by atoms with Crippen molar-refractivity contribution in [2.45, 2.75) is 18.8 Å². The van der Waals surface area contributed by atoms with Gasteiger partial charge in [-0.2, -0.15) is 0 Å². The maximum atomic E-state index is 11.3. The Balaban J connectivity index is 2.44. The summed E-state index contributed by atoms with van der Waals surface area (Å²) in [7, 11) is 1.65. The molecule has 0 heterocycles. The minimum Gasteiger partial charge on any atom is -0.481 e. The lowest BCUT2D eigenvalue weighted by molar-refractivity contribution is -0.139. The smallest absolute Gasteiger partial charge is 0.311 e. The number of halogens is 1. The van der Waals surface area contributed by atoms with Crippen molar-refractivity contribution < 1.29 is 19.4 Å². The Hall–Kier alpha value is -0.910. The molecule has 0 aliphatic rings. The molecular formula is C14H19BrO4. The van der Waals surface area contributed by atoms with Crippen molar-refractivity contribution in [3.63, 3.8) is 0 Å². The highest BCUT2D eigenvalue weighted by molar-refractivity contribution is 9.10. The summed E-state index contributed by atoms with van der Waals surface area (Å²) in [6.07, 6.45) is 1.30. The predicted molar refractivity (Wildman–Crippen MR) is 76.4 cm³/mol. The molecule has 5 heteroatoms. The van der Waals surface area contributed by atoms with Crippen LogP contribution < -0.4 is 0 Å². The number of carboxylic acid groups (broad SMARTS) is 1. The third-order valence-electron chi connectivity index (χ3n) is 2.74. The average Bonchev–Trinajstić information content (AvgIpc) is 2.37. The summed E-state index contributed by atoms with van der Waals surface area (Å²) in [5.41, 5.74) is 0.794. The van der Waals surface area contributed by atoms with Crippen LogP contribution in [0.4, 0.5) is 0 Å². The molecule has 1 unspecified atom stereocenters. The van der Waals surface area contributed by atoms with E-state index in [1.165, 1.54) is 0 Å². The van der Waals surface area contributed by atoms with E-state index >= 15 is 0 Å². The van der Waals surface area contributed by atoms with Crippen LogP contribution in [0.2, 0.25) is 0 Å². The third kappa shape index (κ3) is 6.18. The Bertz CT molecular complexity index is 395. The Morgan fingerprint density at radius 3 is 2.79 bits per heavy atom. The van der Waals surface area contributed by atoms with Gasteiger partial charge in [0.15, 0.2) is 0 Å². The minimum atomic E-state index is -0.821. The zero-order valence-corrected chi connectivity index (χ0v) is 12.6. The molecule has 0 amide bonds. The number of rotatable bonds is 9. The molecule has 0 saturated carbocycles. The van der Waals surface area contributed by atoms with Gasteiger partial charge in [0.2, 0.25) is 0 Å². The molecule has 1 N–H and O–H groups in total. The number of aliphatic carboxylic acids is 1. The van der Waals surface area contributed by atoms with Crippen LogP contribution >= 0.6 is 15.9 Å². The van der Waals surface area contributed by atoms with Crippen molar-refractivity contribution in [3.8, 4) is 0 Å². The number of hydrogen-bond acceptors (Lipinski definition) is 3. The van der Waals surface area contributed by atoms with Crippen LogP contribution in [-0.2, 0) is 14.3 Å². The van der Waals surface area contributed by atoms with Crippen molar-refractivity contribution in [1.82, 2.24) is 0 Å². The van der Waals surface area contributed by atoms with E-state index in [2.05, 4.69) is 15.9 Å². The molecule has 106 valence electrons. The summed E-state index contributed by atoms with van der Waals surface area (Å²) in [6, 6.07) is 7.39. The number of carboxylic acids is 1. The molecule has 0 saturated heterocycles.